The molecule has 0 saturated heterocycles. The summed E-state index contributed by atoms with van der Waals surface area (Å²) >= 11 is 0. The van der Waals surface area contributed by atoms with Crippen LogP contribution in [0.2, 0.25) is 0 Å². The molecule has 2 heterocycles. The van der Waals surface area contributed by atoms with Crippen molar-refractivity contribution in [2.24, 2.45) is 4.99 Å². The Morgan fingerprint density at radius 2 is 1.41 bits per heavy atom. The van der Waals surface area contributed by atoms with E-state index in [4.69, 9.17) is 18.9 Å². The predicted molar refractivity (Wildman–Crippen MR) is 123 cm³/mol. The number of nitrogens with one attached hydrogen (secondary N) is 2. The van der Waals surface area contributed by atoms with E-state index >= 15 is 0 Å². The van der Waals surface area contributed by atoms with Crippen LogP contribution < -0.4 is 29.6 Å². The Balaban J connectivity index is 0.00000240. The second-order valence-corrected chi connectivity index (χ2v) is 6.59. The Bertz CT molecular complexity index is 860. The Kier molecular flexibility index (Phi) is 7.68. The van der Waals surface area contributed by atoms with Crippen LogP contribution in [0, 0.1) is 0 Å². The lowest BCUT2D eigenvalue weighted by atomic mass is 10.2. The van der Waals surface area contributed by atoms with Gasteiger partial charge in [0, 0.05) is 38.2 Å². The van der Waals surface area contributed by atoms with Gasteiger partial charge in [0.1, 0.15) is 0 Å². The molecule has 0 spiro atoms. The first-order valence-corrected chi connectivity index (χ1v) is 9.58. The molecule has 0 atom stereocenters. The highest BCUT2D eigenvalue weighted by atomic mass is 127. The monoisotopic (exact) mass is 511 g/mol. The van der Waals surface area contributed by atoms with Gasteiger partial charge in [-0.25, -0.2) is 0 Å². The maximum absolute atomic E-state index is 5.76. The van der Waals surface area contributed by atoms with Crippen molar-refractivity contribution in [1.29, 1.82) is 0 Å². The molecule has 0 bridgehead atoms. The van der Waals surface area contributed by atoms with E-state index in [0.717, 1.165) is 47.1 Å². The zero-order chi connectivity index (χ0) is 19.2. The topological polar surface area (TPSA) is 73.3 Å². The third-order valence-corrected chi connectivity index (χ3v) is 4.51. The molecule has 156 valence electrons. The molecule has 0 amide bonds. The van der Waals surface area contributed by atoms with E-state index < -0.39 is 0 Å². The lowest BCUT2D eigenvalue weighted by Gasteiger charge is -2.15. The Morgan fingerprint density at radius 1 is 0.828 bits per heavy atom. The summed E-state index contributed by atoms with van der Waals surface area (Å²) in [4.78, 5) is 4.30. The predicted octanol–water partition coefficient (Wildman–Crippen LogP) is 3.81. The molecule has 4 rings (SSSR count). The second-order valence-electron chi connectivity index (χ2n) is 6.59. The van der Waals surface area contributed by atoms with Crippen LogP contribution >= 0.6 is 24.0 Å². The van der Waals surface area contributed by atoms with Crippen LogP contribution in [-0.2, 0) is 6.54 Å². The largest absolute Gasteiger partial charge is 0.490 e. The molecule has 0 unspecified atom stereocenters. The maximum atomic E-state index is 5.76. The van der Waals surface area contributed by atoms with Gasteiger partial charge in [-0.15, -0.1) is 24.0 Å². The van der Waals surface area contributed by atoms with Gasteiger partial charge in [0.15, 0.2) is 29.0 Å². The van der Waals surface area contributed by atoms with Crippen molar-refractivity contribution < 1.29 is 18.9 Å². The summed E-state index contributed by atoms with van der Waals surface area (Å²) in [5, 5.41) is 6.61. The number of anilines is 1. The summed E-state index contributed by atoms with van der Waals surface area (Å²) in [5.41, 5.74) is 1.97. The summed E-state index contributed by atoms with van der Waals surface area (Å²) < 4.78 is 22.9. The number of ether oxygens (including phenoxy) is 4. The first-order chi connectivity index (χ1) is 13.8. The minimum atomic E-state index is 0. The highest BCUT2D eigenvalue weighted by Crippen LogP contribution is 2.32. The normalized spacial score (nSPS) is 15.4. The number of hydrogen-bond acceptors (Lipinski definition) is 5. The van der Waals surface area contributed by atoms with E-state index in [0.29, 0.717) is 38.9 Å². The molecule has 2 aliphatic heterocycles. The molecule has 2 aliphatic rings. The van der Waals surface area contributed by atoms with Crippen LogP contribution in [-0.4, -0.2) is 39.4 Å². The Hall–Kier alpha value is -2.36. The van der Waals surface area contributed by atoms with Gasteiger partial charge in [-0.05, 0) is 29.8 Å². The number of benzene rings is 2. The van der Waals surface area contributed by atoms with Crippen molar-refractivity contribution >= 4 is 35.6 Å². The van der Waals surface area contributed by atoms with Crippen molar-refractivity contribution in [2.75, 3.05) is 38.8 Å². The molecule has 2 aromatic rings. The standard InChI is InChI=1S/C21H25N3O4.HI/c1-22-21(24-16-5-7-18-20(13-16)28-11-3-9-26-18)23-14-15-4-6-17-19(12-15)27-10-2-8-25-17;/h4-7,12-13H,2-3,8-11,14H2,1H3,(H2,22,23,24);1H. The van der Waals surface area contributed by atoms with Crippen LogP contribution in [0.1, 0.15) is 18.4 Å². The summed E-state index contributed by atoms with van der Waals surface area (Å²) in [6.45, 7) is 3.32. The summed E-state index contributed by atoms with van der Waals surface area (Å²) in [6, 6.07) is 11.8. The molecule has 0 aliphatic carbocycles. The average Bonchev–Trinajstić information content (AvgIpc) is 3.10. The second kappa shape index (κ2) is 10.4. The number of halogens is 1. The Morgan fingerprint density at radius 3 is 2.07 bits per heavy atom. The van der Waals surface area contributed by atoms with Gasteiger partial charge in [0.05, 0.1) is 26.4 Å². The number of hydrogen-bond donors (Lipinski definition) is 2. The number of aliphatic imine (C=N–C) groups is 1. The lowest BCUT2D eigenvalue weighted by molar-refractivity contribution is 0.296. The fraction of sp³-hybridized carbons (Fsp3) is 0.381. The molecule has 2 N–H and O–H groups in total. The SMILES string of the molecule is CN=C(NCc1ccc2c(c1)OCCCO2)Nc1ccc2c(c1)OCCCO2.I. The quantitative estimate of drug-likeness (QED) is 0.371. The number of rotatable bonds is 3. The molecule has 7 nitrogen and oxygen atoms in total. The van der Waals surface area contributed by atoms with E-state index in [9.17, 15) is 0 Å². The highest BCUT2D eigenvalue weighted by molar-refractivity contribution is 14.0. The van der Waals surface area contributed by atoms with Crippen LogP contribution in [0.3, 0.4) is 0 Å². The summed E-state index contributed by atoms with van der Waals surface area (Å²) in [5.74, 6) is 3.79. The van der Waals surface area contributed by atoms with Crippen molar-refractivity contribution in [3.05, 3.63) is 42.0 Å². The van der Waals surface area contributed by atoms with E-state index in [-0.39, 0.29) is 24.0 Å². The van der Waals surface area contributed by atoms with Crippen molar-refractivity contribution in [3.8, 4) is 23.0 Å². The lowest BCUT2D eigenvalue weighted by Crippen LogP contribution is -2.30. The highest BCUT2D eigenvalue weighted by Gasteiger charge is 2.13. The third-order valence-electron chi connectivity index (χ3n) is 4.51. The van der Waals surface area contributed by atoms with Gasteiger partial charge in [0.2, 0.25) is 0 Å². The van der Waals surface area contributed by atoms with Gasteiger partial charge in [-0.1, -0.05) is 6.07 Å². The van der Waals surface area contributed by atoms with Gasteiger partial charge < -0.3 is 29.6 Å². The minimum absolute atomic E-state index is 0. The minimum Gasteiger partial charge on any atom is -0.490 e. The van der Waals surface area contributed by atoms with Crippen molar-refractivity contribution in [1.82, 2.24) is 5.32 Å². The maximum Gasteiger partial charge on any atom is 0.195 e. The Labute approximate surface area is 187 Å². The van der Waals surface area contributed by atoms with Crippen molar-refractivity contribution in [3.63, 3.8) is 0 Å². The molecule has 0 radical (unpaired) electrons. The molecule has 2 aromatic carbocycles. The summed E-state index contributed by atoms with van der Waals surface area (Å²) in [6.07, 6.45) is 1.78. The zero-order valence-electron chi connectivity index (χ0n) is 16.4. The molecule has 0 saturated carbocycles. The number of guanidine groups is 1. The van der Waals surface area contributed by atoms with Crippen LogP contribution in [0.25, 0.3) is 0 Å². The molecule has 0 aromatic heterocycles. The third kappa shape index (κ3) is 5.59. The number of nitrogens with zero attached hydrogens (tertiary/aromatic N) is 1. The molecular weight excluding hydrogens is 485 g/mol. The number of fused-ring (bicyclic) bond motifs is 2. The van der Waals surface area contributed by atoms with Crippen LogP contribution in [0.5, 0.6) is 23.0 Å². The van der Waals surface area contributed by atoms with Crippen molar-refractivity contribution in [2.45, 2.75) is 19.4 Å². The fourth-order valence-corrected chi connectivity index (χ4v) is 3.06. The smallest absolute Gasteiger partial charge is 0.195 e. The van der Waals surface area contributed by atoms with Gasteiger partial charge in [-0.3, -0.25) is 4.99 Å². The van der Waals surface area contributed by atoms with E-state index in [1.54, 1.807) is 7.05 Å². The molecular formula is C21H26IN3O4. The van der Waals surface area contributed by atoms with E-state index in [1.807, 2.05) is 36.4 Å². The van der Waals surface area contributed by atoms with Crippen LogP contribution in [0.4, 0.5) is 5.69 Å². The molecule has 29 heavy (non-hydrogen) atoms. The summed E-state index contributed by atoms with van der Waals surface area (Å²) in [7, 11) is 1.74. The average molecular weight is 511 g/mol. The molecule has 0 fully saturated rings. The van der Waals surface area contributed by atoms with Gasteiger partial charge in [0.25, 0.3) is 0 Å². The molecule has 8 heteroatoms. The van der Waals surface area contributed by atoms with Crippen LogP contribution in [0.15, 0.2) is 41.4 Å². The first kappa shape index (κ1) is 21.4. The zero-order valence-corrected chi connectivity index (χ0v) is 18.7. The van der Waals surface area contributed by atoms with E-state index in [1.165, 1.54) is 0 Å². The van der Waals surface area contributed by atoms with Gasteiger partial charge >= 0.3 is 0 Å². The van der Waals surface area contributed by atoms with Gasteiger partial charge in [-0.2, -0.15) is 0 Å². The fourth-order valence-electron chi connectivity index (χ4n) is 3.06. The van der Waals surface area contributed by atoms with E-state index in [2.05, 4.69) is 15.6 Å². The first-order valence-electron chi connectivity index (χ1n) is 9.58.